The van der Waals surface area contributed by atoms with E-state index in [-0.39, 0.29) is 0 Å². The summed E-state index contributed by atoms with van der Waals surface area (Å²) in [5, 5.41) is 10.3. The minimum atomic E-state index is -0.763. The van der Waals surface area contributed by atoms with E-state index in [0.717, 1.165) is 15.8 Å². The minimum Gasteiger partial charge on any atom is -0.494 e. The van der Waals surface area contributed by atoms with E-state index in [9.17, 15) is 5.11 Å². The number of aromatic nitrogens is 1. The summed E-state index contributed by atoms with van der Waals surface area (Å²) >= 11 is 3.39. The summed E-state index contributed by atoms with van der Waals surface area (Å²) in [4.78, 5) is 4.19. The largest absolute Gasteiger partial charge is 0.494 e. The van der Waals surface area contributed by atoms with Gasteiger partial charge < -0.3 is 9.84 Å². The Morgan fingerprint density at radius 2 is 2.17 bits per heavy atom. The van der Waals surface area contributed by atoms with Gasteiger partial charge in [-0.1, -0.05) is 12.1 Å². The lowest BCUT2D eigenvalue weighted by Crippen LogP contribution is -2.03. The topological polar surface area (TPSA) is 42.4 Å². The maximum atomic E-state index is 10.3. The number of aliphatic hydroxyl groups is 1. The van der Waals surface area contributed by atoms with Crippen LogP contribution in [0, 0.1) is 0 Å². The summed E-state index contributed by atoms with van der Waals surface area (Å²) < 4.78 is 6.21. The van der Waals surface area contributed by atoms with Crippen LogP contribution in [0.15, 0.2) is 47.1 Å². The quantitative estimate of drug-likeness (QED) is 0.942. The van der Waals surface area contributed by atoms with E-state index in [1.165, 1.54) is 0 Å². The summed E-state index contributed by atoms with van der Waals surface area (Å²) in [6.07, 6.45) is 0.899. The molecule has 18 heavy (non-hydrogen) atoms. The fourth-order valence-corrected chi connectivity index (χ4v) is 2.17. The van der Waals surface area contributed by atoms with Gasteiger partial charge in [0.1, 0.15) is 11.9 Å². The first-order chi connectivity index (χ1) is 8.72. The predicted molar refractivity (Wildman–Crippen MR) is 73.6 cm³/mol. The molecule has 0 spiro atoms. The number of benzene rings is 1. The van der Waals surface area contributed by atoms with Crippen LogP contribution in [-0.2, 0) is 0 Å². The summed E-state index contributed by atoms with van der Waals surface area (Å²) in [6, 6.07) is 11.1. The molecule has 1 unspecified atom stereocenters. The van der Waals surface area contributed by atoms with Gasteiger partial charge in [-0.05, 0) is 52.7 Å². The Kier molecular flexibility index (Phi) is 4.33. The van der Waals surface area contributed by atoms with Crippen LogP contribution < -0.4 is 4.74 Å². The first-order valence-electron chi connectivity index (χ1n) is 5.73. The number of ether oxygens (including phenoxy) is 1. The van der Waals surface area contributed by atoms with Crippen LogP contribution in [-0.4, -0.2) is 16.7 Å². The third-order valence-corrected chi connectivity index (χ3v) is 3.20. The molecule has 3 nitrogen and oxygen atoms in total. The predicted octanol–water partition coefficient (Wildman–Crippen LogP) is 3.32. The van der Waals surface area contributed by atoms with Crippen LogP contribution in [0.25, 0.3) is 0 Å². The molecule has 0 radical (unpaired) electrons. The Labute approximate surface area is 115 Å². The molecule has 1 atom stereocenters. The molecule has 1 aromatic carbocycles. The third-order valence-electron chi connectivity index (χ3n) is 2.53. The second-order valence-electron chi connectivity index (χ2n) is 3.78. The van der Waals surface area contributed by atoms with E-state index in [1.807, 2.05) is 43.3 Å². The van der Waals surface area contributed by atoms with E-state index in [1.54, 1.807) is 6.20 Å². The van der Waals surface area contributed by atoms with Crippen molar-refractivity contribution in [2.45, 2.75) is 13.0 Å². The van der Waals surface area contributed by atoms with Gasteiger partial charge >= 0.3 is 0 Å². The SMILES string of the molecule is CCOc1cccc(C(O)c2ncccc2Br)c1. The fraction of sp³-hybridized carbons (Fsp3) is 0.214. The van der Waals surface area contributed by atoms with Crippen molar-refractivity contribution in [2.75, 3.05) is 6.61 Å². The standard InChI is InChI=1S/C14H14BrNO2/c1-2-18-11-6-3-5-10(9-11)14(17)13-12(15)7-4-8-16-13/h3-9,14,17H,2H2,1H3. The Morgan fingerprint density at radius 1 is 1.33 bits per heavy atom. The van der Waals surface area contributed by atoms with E-state index >= 15 is 0 Å². The van der Waals surface area contributed by atoms with Crippen molar-refractivity contribution in [1.29, 1.82) is 0 Å². The average molecular weight is 308 g/mol. The lowest BCUT2D eigenvalue weighted by atomic mass is 10.1. The zero-order valence-electron chi connectivity index (χ0n) is 10.0. The van der Waals surface area contributed by atoms with E-state index < -0.39 is 6.10 Å². The van der Waals surface area contributed by atoms with Crippen molar-refractivity contribution >= 4 is 15.9 Å². The molecule has 0 saturated heterocycles. The molecule has 0 fully saturated rings. The van der Waals surface area contributed by atoms with E-state index in [4.69, 9.17) is 4.74 Å². The van der Waals surface area contributed by atoms with E-state index in [2.05, 4.69) is 20.9 Å². The van der Waals surface area contributed by atoms with Gasteiger partial charge in [0.15, 0.2) is 0 Å². The minimum absolute atomic E-state index is 0.603. The molecule has 1 heterocycles. The molecule has 4 heteroatoms. The van der Waals surface area contributed by atoms with Crippen molar-refractivity contribution in [2.24, 2.45) is 0 Å². The van der Waals surface area contributed by atoms with E-state index in [0.29, 0.717) is 12.3 Å². The highest BCUT2D eigenvalue weighted by atomic mass is 79.9. The monoisotopic (exact) mass is 307 g/mol. The fourth-order valence-electron chi connectivity index (χ4n) is 1.70. The first kappa shape index (κ1) is 13.1. The maximum Gasteiger partial charge on any atom is 0.122 e. The Morgan fingerprint density at radius 3 is 2.89 bits per heavy atom. The van der Waals surface area contributed by atoms with Gasteiger partial charge in [0, 0.05) is 10.7 Å². The summed E-state index contributed by atoms with van der Waals surface area (Å²) in [5.74, 6) is 0.751. The number of pyridine rings is 1. The molecule has 2 aromatic rings. The molecule has 0 aliphatic heterocycles. The number of hydrogen-bond acceptors (Lipinski definition) is 3. The number of halogens is 1. The van der Waals surface area contributed by atoms with Crippen LogP contribution in [0.2, 0.25) is 0 Å². The Bertz CT molecular complexity index is 531. The van der Waals surface area contributed by atoms with Crippen molar-refractivity contribution < 1.29 is 9.84 Å². The Balaban J connectivity index is 2.31. The molecule has 1 N–H and O–H groups in total. The normalized spacial score (nSPS) is 12.2. The van der Waals surface area contributed by atoms with Crippen LogP contribution >= 0.6 is 15.9 Å². The zero-order chi connectivity index (χ0) is 13.0. The second kappa shape index (κ2) is 5.98. The maximum absolute atomic E-state index is 10.3. The van der Waals surface area contributed by atoms with Gasteiger partial charge in [-0.3, -0.25) is 4.98 Å². The molecule has 2 rings (SSSR count). The molecule has 1 aromatic heterocycles. The highest BCUT2D eigenvalue weighted by molar-refractivity contribution is 9.10. The van der Waals surface area contributed by atoms with Crippen LogP contribution in [0.3, 0.4) is 0 Å². The number of aliphatic hydroxyl groups excluding tert-OH is 1. The van der Waals surface area contributed by atoms with Crippen LogP contribution in [0.5, 0.6) is 5.75 Å². The van der Waals surface area contributed by atoms with Crippen molar-refractivity contribution in [3.05, 3.63) is 58.3 Å². The molecule has 0 aliphatic rings. The lowest BCUT2D eigenvalue weighted by molar-refractivity contribution is 0.213. The summed E-state index contributed by atoms with van der Waals surface area (Å²) in [7, 11) is 0. The van der Waals surface area contributed by atoms with Crippen molar-refractivity contribution in [3.63, 3.8) is 0 Å². The number of rotatable bonds is 4. The van der Waals surface area contributed by atoms with Gasteiger partial charge in [-0.15, -0.1) is 0 Å². The molecular weight excluding hydrogens is 294 g/mol. The zero-order valence-corrected chi connectivity index (χ0v) is 11.6. The summed E-state index contributed by atoms with van der Waals surface area (Å²) in [5.41, 5.74) is 1.37. The average Bonchev–Trinajstić information content (AvgIpc) is 2.39. The van der Waals surface area contributed by atoms with Gasteiger partial charge in [-0.25, -0.2) is 0 Å². The van der Waals surface area contributed by atoms with Gasteiger partial charge in [0.05, 0.1) is 12.3 Å². The summed E-state index contributed by atoms with van der Waals surface area (Å²) in [6.45, 7) is 2.53. The van der Waals surface area contributed by atoms with Gasteiger partial charge in [0.25, 0.3) is 0 Å². The smallest absolute Gasteiger partial charge is 0.122 e. The molecular formula is C14H14BrNO2. The van der Waals surface area contributed by atoms with Crippen LogP contribution in [0.4, 0.5) is 0 Å². The van der Waals surface area contributed by atoms with Crippen molar-refractivity contribution in [3.8, 4) is 5.75 Å². The van der Waals surface area contributed by atoms with Crippen LogP contribution in [0.1, 0.15) is 24.3 Å². The van der Waals surface area contributed by atoms with Gasteiger partial charge in [-0.2, -0.15) is 0 Å². The number of nitrogens with zero attached hydrogens (tertiary/aromatic N) is 1. The highest BCUT2D eigenvalue weighted by Crippen LogP contribution is 2.28. The third kappa shape index (κ3) is 2.89. The molecule has 0 aliphatic carbocycles. The molecule has 0 amide bonds. The number of hydrogen-bond donors (Lipinski definition) is 1. The molecule has 0 bridgehead atoms. The first-order valence-corrected chi connectivity index (χ1v) is 6.53. The Hall–Kier alpha value is -1.39. The van der Waals surface area contributed by atoms with Crippen molar-refractivity contribution in [1.82, 2.24) is 4.98 Å². The highest BCUT2D eigenvalue weighted by Gasteiger charge is 2.15. The molecule has 94 valence electrons. The second-order valence-corrected chi connectivity index (χ2v) is 4.63. The molecule has 0 saturated carbocycles. The van der Waals surface area contributed by atoms with Gasteiger partial charge in [0.2, 0.25) is 0 Å². The lowest BCUT2D eigenvalue weighted by Gasteiger charge is -2.13.